The van der Waals surface area contributed by atoms with Gasteiger partial charge in [0.15, 0.2) is 5.78 Å². The molecule has 1 unspecified atom stereocenters. The molecule has 2 saturated heterocycles. The van der Waals surface area contributed by atoms with Gasteiger partial charge in [-0.1, -0.05) is 30.3 Å². The van der Waals surface area contributed by atoms with Gasteiger partial charge in [-0.15, -0.1) is 0 Å². The highest BCUT2D eigenvalue weighted by atomic mass is 19.1. The molecule has 4 nitrogen and oxygen atoms in total. The van der Waals surface area contributed by atoms with Crippen LogP contribution in [-0.2, 0) is 0 Å². The summed E-state index contributed by atoms with van der Waals surface area (Å²) >= 11 is 0. The SMILES string of the molecule is O=C(c1ccc(-c2ccc(C(=O)N3CCCC3CN3CCCC3)c(F)c2)cc1)C1CC1. The summed E-state index contributed by atoms with van der Waals surface area (Å²) in [6.45, 7) is 3.81. The van der Waals surface area contributed by atoms with Gasteiger partial charge in [0.1, 0.15) is 5.82 Å². The fourth-order valence-corrected chi connectivity index (χ4v) is 4.99. The van der Waals surface area contributed by atoms with E-state index in [-0.39, 0.29) is 29.2 Å². The molecule has 1 amide bonds. The van der Waals surface area contributed by atoms with E-state index in [9.17, 15) is 14.0 Å². The second-order valence-corrected chi connectivity index (χ2v) is 9.21. The number of halogens is 1. The number of likely N-dealkylation sites (tertiary alicyclic amines) is 2. The van der Waals surface area contributed by atoms with Gasteiger partial charge in [-0.2, -0.15) is 0 Å². The molecule has 2 aromatic carbocycles. The van der Waals surface area contributed by atoms with Gasteiger partial charge in [-0.3, -0.25) is 9.59 Å². The number of amides is 1. The van der Waals surface area contributed by atoms with Crippen molar-refractivity contribution >= 4 is 11.7 Å². The Labute approximate surface area is 183 Å². The summed E-state index contributed by atoms with van der Waals surface area (Å²) in [5, 5.41) is 0. The van der Waals surface area contributed by atoms with Crippen LogP contribution < -0.4 is 0 Å². The van der Waals surface area contributed by atoms with Crippen molar-refractivity contribution in [3.8, 4) is 11.1 Å². The maximum absolute atomic E-state index is 15.0. The van der Waals surface area contributed by atoms with Crippen LogP contribution in [0.1, 0.15) is 59.2 Å². The zero-order valence-electron chi connectivity index (χ0n) is 17.9. The summed E-state index contributed by atoms with van der Waals surface area (Å²) in [5.74, 6) is -0.287. The van der Waals surface area contributed by atoms with Crippen LogP contribution in [0, 0.1) is 11.7 Å². The lowest BCUT2D eigenvalue weighted by atomic mass is 9.99. The maximum Gasteiger partial charge on any atom is 0.257 e. The van der Waals surface area contributed by atoms with E-state index in [0.29, 0.717) is 6.54 Å². The minimum Gasteiger partial charge on any atom is -0.334 e. The van der Waals surface area contributed by atoms with Crippen LogP contribution in [0.5, 0.6) is 0 Å². The Morgan fingerprint density at radius 2 is 1.58 bits per heavy atom. The molecule has 2 aromatic rings. The highest BCUT2D eigenvalue weighted by Crippen LogP contribution is 2.33. The molecule has 162 valence electrons. The first kappa shape index (κ1) is 20.4. The van der Waals surface area contributed by atoms with E-state index in [2.05, 4.69) is 4.90 Å². The van der Waals surface area contributed by atoms with Crippen molar-refractivity contribution in [2.75, 3.05) is 26.2 Å². The Balaban J connectivity index is 1.30. The zero-order valence-corrected chi connectivity index (χ0v) is 17.9. The molecule has 5 heteroatoms. The van der Waals surface area contributed by atoms with E-state index in [4.69, 9.17) is 0 Å². The summed E-state index contributed by atoms with van der Waals surface area (Å²) in [4.78, 5) is 29.6. The molecule has 0 bridgehead atoms. The normalized spacial score (nSPS) is 21.6. The van der Waals surface area contributed by atoms with Crippen molar-refractivity contribution in [1.29, 1.82) is 0 Å². The minimum absolute atomic E-state index is 0.151. The average molecular weight is 421 g/mol. The molecule has 1 atom stereocenters. The van der Waals surface area contributed by atoms with Crippen LogP contribution in [-0.4, -0.2) is 53.7 Å². The fourth-order valence-electron chi connectivity index (χ4n) is 4.99. The molecular formula is C26H29FN2O2. The summed E-state index contributed by atoms with van der Waals surface area (Å²) in [6.07, 6.45) is 6.40. The highest BCUT2D eigenvalue weighted by Gasteiger charge is 2.33. The predicted octanol–water partition coefficient (Wildman–Crippen LogP) is 4.79. The van der Waals surface area contributed by atoms with Crippen molar-refractivity contribution in [3.63, 3.8) is 0 Å². The summed E-state index contributed by atoms with van der Waals surface area (Å²) in [5.41, 5.74) is 2.43. The first-order valence-electron chi connectivity index (χ1n) is 11.6. The molecular weight excluding hydrogens is 391 g/mol. The van der Waals surface area contributed by atoms with Gasteiger partial charge in [0.2, 0.25) is 0 Å². The van der Waals surface area contributed by atoms with Gasteiger partial charge in [0.05, 0.1) is 5.56 Å². The molecule has 0 aromatic heterocycles. The third kappa shape index (κ3) is 4.29. The van der Waals surface area contributed by atoms with E-state index in [1.165, 1.54) is 18.9 Å². The minimum atomic E-state index is -0.479. The second kappa shape index (κ2) is 8.54. The van der Waals surface area contributed by atoms with Crippen LogP contribution in [0.25, 0.3) is 11.1 Å². The number of Topliss-reactive ketones (excluding diaryl/α,β-unsaturated/α-hetero) is 1. The van der Waals surface area contributed by atoms with E-state index < -0.39 is 5.82 Å². The number of nitrogens with zero attached hydrogens (tertiary/aromatic N) is 2. The van der Waals surface area contributed by atoms with Crippen LogP contribution >= 0.6 is 0 Å². The Kier molecular flexibility index (Phi) is 5.61. The molecule has 5 rings (SSSR count). The van der Waals surface area contributed by atoms with Gasteiger partial charge < -0.3 is 9.80 Å². The van der Waals surface area contributed by atoms with Crippen molar-refractivity contribution < 1.29 is 14.0 Å². The van der Waals surface area contributed by atoms with Crippen LogP contribution in [0.4, 0.5) is 4.39 Å². The first-order valence-corrected chi connectivity index (χ1v) is 11.6. The van der Waals surface area contributed by atoms with Crippen LogP contribution in [0.15, 0.2) is 42.5 Å². The fraction of sp³-hybridized carbons (Fsp3) is 0.462. The average Bonchev–Trinajstić information content (AvgIpc) is 3.32. The quantitative estimate of drug-likeness (QED) is 0.631. The van der Waals surface area contributed by atoms with Crippen molar-refractivity contribution in [1.82, 2.24) is 9.80 Å². The molecule has 3 aliphatic rings. The number of carbonyl (C=O) groups is 2. The highest BCUT2D eigenvalue weighted by molar-refractivity contribution is 5.99. The molecule has 3 fully saturated rings. The summed E-state index contributed by atoms with van der Waals surface area (Å²) in [7, 11) is 0. The second-order valence-electron chi connectivity index (χ2n) is 9.21. The number of hydrogen-bond acceptors (Lipinski definition) is 3. The maximum atomic E-state index is 15.0. The standard InChI is InChI=1S/C26H29FN2O2/c27-24-16-21(18-5-7-19(8-6-18)25(30)20-9-10-20)11-12-23(24)26(31)29-15-3-4-22(29)17-28-13-1-2-14-28/h5-8,11-12,16,20,22H,1-4,9-10,13-15,17H2. The van der Waals surface area contributed by atoms with Crippen LogP contribution in [0.2, 0.25) is 0 Å². The summed E-state index contributed by atoms with van der Waals surface area (Å²) in [6, 6.07) is 12.4. The Morgan fingerprint density at radius 1 is 0.871 bits per heavy atom. The largest absolute Gasteiger partial charge is 0.334 e. The number of ketones is 1. The lowest BCUT2D eigenvalue weighted by Gasteiger charge is -2.28. The lowest BCUT2D eigenvalue weighted by molar-refractivity contribution is 0.0704. The third-order valence-electron chi connectivity index (χ3n) is 6.96. The summed E-state index contributed by atoms with van der Waals surface area (Å²) < 4.78 is 15.0. The van der Waals surface area contributed by atoms with E-state index in [1.807, 2.05) is 29.2 Å². The van der Waals surface area contributed by atoms with E-state index >= 15 is 0 Å². The third-order valence-corrected chi connectivity index (χ3v) is 6.96. The molecule has 0 spiro atoms. The van der Waals surface area contributed by atoms with Crippen LogP contribution in [0.3, 0.4) is 0 Å². The molecule has 1 aliphatic carbocycles. The zero-order chi connectivity index (χ0) is 21.4. The Bertz CT molecular complexity index is 977. The van der Waals surface area contributed by atoms with Gasteiger partial charge in [-0.25, -0.2) is 4.39 Å². The molecule has 0 radical (unpaired) electrons. The smallest absolute Gasteiger partial charge is 0.257 e. The number of carbonyl (C=O) groups excluding carboxylic acids is 2. The molecule has 1 saturated carbocycles. The topological polar surface area (TPSA) is 40.6 Å². The molecule has 2 aliphatic heterocycles. The molecule has 0 N–H and O–H groups in total. The number of rotatable bonds is 6. The van der Waals surface area contributed by atoms with E-state index in [0.717, 1.165) is 62.0 Å². The number of hydrogen-bond donors (Lipinski definition) is 0. The van der Waals surface area contributed by atoms with Crippen molar-refractivity contribution in [3.05, 3.63) is 59.4 Å². The predicted molar refractivity (Wildman–Crippen MR) is 119 cm³/mol. The Morgan fingerprint density at radius 3 is 2.26 bits per heavy atom. The monoisotopic (exact) mass is 420 g/mol. The Hall–Kier alpha value is -2.53. The number of benzene rings is 2. The van der Waals surface area contributed by atoms with Gasteiger partial charge in [-0.05, 0) is 74.9 Å². The van der Waals surface area contributed by atoms with Gasteiger partial charge >= 0.3 is 0 Å². The van der Waals surface area contributed by atoms with Crippen molar-refractivity contribution in [2.24, 2.45) is 5.92 Å². The van der Waals surface area contributed by atoms with E-state index in [1.54, 1.807) is 12.1 Å². The first-order chi connectivity index (χ1) is 15.1. The molecule has 2 heterocycles. The van der Waals surface area contributed by atoms with Gasteiger partial charge in [0, 0.05) is 30.6 Å². The van der Waals surface area contributed by atoms with Crippen molar-refractivity contribution in [2.45, 2.75) is 44.6 Å². The lowest BCUT2D eigenvalue weighted by Crippen LogP contribution is -2.42. The molecule has 31 heavy (non-hydrogen) atoms. The van der Waals surface area contributed by atoms with Gasteiger partial charge in [0.25, 0.3) is 5.91 Å².